The monoisotopic (exact) mass is 282 g/mol. The quantitative estimate of drug-likeness (QED) is 0.899. The van der Waals surface area contributed by atoms with Crippen molar-refractivity contribution in [1.29, 1.82) is 0 Å². The van der Waals surface area contributed by atoms with Gasteiger partial charge in [0.1, 0.15) is 0 Å². The highest BCUT2D eigenvalue weighted by atomic mass is 32.2. The van der Waals surface area contributed by atoms with Gasteiger partial charge in [-0.3, -0.25) is 0 Å². The molecule has 0 amide bonds. The predicted molar refractivity (Wildman–Crippen MR) is 76.6 cm³/mol. The molecule has 0 bridgehead atoms. The molecule has 5 heteroatoms. The topological polar surface area (TPSA) is 49.4 Å². The number of sulfonamides is 1. The van der Waals surface area contributed by atoms with Crippen LogP contribution in [0.15, 0.2) is 29.2 Å². The first-order valence-electron chi connectivity index (χ1n) is 6.56. The molecule has 1 aliphatic heterocycles. The highest BCUT2D eigenvalue weighted by molar-refractivity contribution is 7.89. The van der Waals surface area contributed by atoms with Gasteiger partial charge in [-0.05, 0) is 39.8 Å². The van der Waals surface area contributed by atoms with Crippen LogP contribution in [-0.2, 0) is 10.0 Å². The lowest BCUT2D eigenvalue weighted by molar-refractivity contribution is 0.158. The largest absolute Gasteiger partial charge is 0.311 e. The molecule has 106 valence electrons. The first-order valence-corrected chi connectivity index (χ1v) is 8.00. The fraction of sp³-hybridized carbons (Fsp3) is 0.571. The maximum Gasteiger partial charge on any atom is 0.243 e. The number of hydrogen-bond donors (Lipinski definition) is 1. The van der Waals surface area contributed by atoms with Crippen LogP contribution in [-0.4, -0.2) is 37.4 Å². The predicted octanol–water partition coefficient (Wildman–Crippen LogP) is 1.76. The average Bonchev–Trinajstić information content (AvgIpc) is 2.33. The van der Waals surface area contributed by atoms with Gasteiger partial charge in [0.05, 0.1) is 4.90 Å². The van der Waals surface area contributed by atoms with Crippen molar-refractivity contribution in [2.45, 2.75) is 44.2 Å². The third-order valence-electron chi connectivity index (χ3n) is 3.61. The third-order valence-corrected chi connectivity index (χ3v) is 5.70. The number of aryl methyl sites for hydroxylation is 1. The van der Waals surface area contributed by atoms with Crippen LogP contribution in [0.5, 0.6) is 0 Å². The van der Waals surface area contributed by atoms with E-state index in [1.807, 2.05) is 39.8 Å². The molecule has 1 aromatic carbocycles. The molecule has 1 heterocycles. The van der Waals surface area contributed by atoms with Gasteiger partial charge >= 0.3 is 0 Å². The van der Waals surface area contributed by atoms with E-state index in [2.05, 4.69) is 5.32 Å². The van der Waals surface area contributed by atoms with Crippen molar-refractivity contribution < 1.29 is 8.42 Å². The van der Waals surface area contributed by atoms with Crippen LogP contribution in [0.2, 0.25) is 0 Å². The van der Waals surface area contributed by atoms with Crippen molar-refractivity contribution in [2.75, 3.05) is 13.1 Å². The Balaban J connectivity index is 2.40. The zero-order valence-corrected chi connectivity index (χ0v) is 12.8. The Morgan fingerprint density at radius 3 is 2.42 bits per heavy atom. The summed E-state index contributed by atoms with van der Waals surface area (Å²) in [6, 6.07) is 7.23. The van der Waals surface area contributed by atoms with Crippen molar-refractivity contribution in [3.05, 3.63) is 29.8 Å². The van der Waals surface area contributed by atoms with Crippen LogP contribution in [0.25, 0.3) is 0 Å². The third kappa shape index (κ3) is 2.83. The van der Waals surface area contributed by atoms with Gasteiger partial charge in [-0.15, -0.1) is 0 Å². The Bertz CT molecular complexity index is 549. The van der Waals surface area contributed by atoms with Crippen LogP contribution >= 0.6 is 0 Å². The van der Waals surface area contributed by atoms with Crippen LogP contribution in [0.1, 0.15) is 26.3 Å². The van der Waals surface area contributed by atoms with Gasteiger partial charge in [0, 0.05) is 24.7 Å². The Labute approximate surface area is 115 Å². The molecule has 0 aromatic heterocycles. The normalized spacial score (nSPS) is 24.3. The number of rotatable bonds is 2. The van der Waals surface area contributed by atoms with Crippen LogP contribution < -0.4 is 5.32 Å². The standard InChI is InChI=1S/C14H22N2O2S/c1-11-5-7-13(8-6-11)19(17,18)16-9-12(2)15-10-14(16,3)4/h5-8,12,15H,9-10H2,1-4H3. The van der Waals surface area contributed by atoms with Gasteiger partial charge in [-0.1, -0.05) is 17.7 Å². The fourth-order valence-corrected chi connectivity index (χ4v) is 4.20. The number of nitrogens with one attached hydrogen (secondary N) is 1. The van der Waals surface area contributed by atoms with E-state index in [0.717, 1.165) is 5.56 Å². The smallest absolute Gasteiger partial charge is 0.243 e. The molecule has 1 N–H and O–H groups in total. The van der Waals surface area contributed by atoms with Gasteiger partial charge in [0.25, 0.3) is 0 Å². The number of hydrogen-bond acceptors (Lipinski definition) is 3. The van der Waals surface area contributed by atoms with Gasteiger partial charge in [-0.2, -0.15) is 4.31 Å². The molecule has 0 saturated carbocycles. The van der Waals surface area contributed by atoms with E-state index >= 15 is 0 Å². The van der Waals surface area contributed by atoms with Crippen molar-refractivity contribution in [3.63, 3.8) is 0 Å². The number of nitrogens with zero attached hydrogens (tertiary/aromatic N) is 1. The van der Waals surface area contributed by atoms with E-state index in [-0.39, 0.29) is 6.04 Å². The molecule has 19 heavy (non-hydrogen) atoms. The van der Waals surface area contributed by atoms with Gasteiger partial charge < -0.3 is 5.32 Å². The lowest BCUT2D eigenvalue weighted by atomic mass is 10.0. The van der Waals surface area contributed by atoms with Crippen molar-refractivity contribution in [2.24, 2.45) is 0 Å². The summed E-state index contributed by atoms with van der Waals surface area (Å²) in [5.74, 6) is 0. The van der Waals surface area contributed by atoms with Gasteiger partial charge in [0.15, 0.2) is 0 Å². The molecule has 0 radical (unpaired) electrons. The zero-order chi connectivity index (χ0) is 14.3. The molecular formula is C14H22N2O2S. The molecule has 1 aliphatic rings. The van der Waals surface area contributed by atoms with E-state index in [1.54, 1.807) is 16.4 Å². The Morgan fingerprint density at radius 1 is 1.26 bits per heavy atom. The molecule has 4 nitrogen and oxygen atoms in total. The Hall–Kier alpha value is -0.910. The first kappa shape index (κ1) is 14.5. The summed E-state index contributed by atoms with van der Waals surface area (Å²) in [5, 5.41) is 3.33. The van der Waals surface area contributed by atoms with Crippen LogP contribution in [0, 0.1) is 6.92 Å². The second kappa shape index (κ2) is 4.89. The summed E-state index contributed by atoms with van der Waals surface area (Å²) in [6.07, 6.45) is 0. The lowest BCUT2D eigenvalue weighted by Gasteiger charge is -2.44. The fourth-order valence-electron chi connectivity index (χ4n) is 2.33. The van der Waals surface area contributed by atoms with E-state index in [0.29, 0.717) is 18.0 Å². The second-order valence-electron chi connectivity index (χ2n) is 5.94. The molecule has 0 spiro atoms. The molecule has 1 atom stereocenters. The van der Waals surface area contributed by atoms with Crippen molar-refractivity contribution >= 4 is 10.0 Å². The maximum absolute atomic E-state index is 12.8. The van der Waals surface area contributed by atoms with E-state index in [9.17, 15) is 8.42 Å². The van der Waals surface area contributed by atoms with Gasteiger partial charge in [0.2, 0.25) is 10.0 Å². The summed E-state index contributed by atoms with van der Waals surface area (Å²) in [4.78, 5) is 0.375. The minimum atomic E-state index is -3.43. The Morgan fingerprint density at radius 2 is 1.84 bits per heavy atom. The van der Waals surface area contributed by atoms with Crippen molar-refractivity contribution in [3.8, 4) is 0 Å². The number of piperazine rings is 1. The molecule has 0 aliphatic carbocycles. The van der Waals surface area contributed by atoms with Crippen molar-refractivity contribution in [1.82, 2.24) is 9.62 Å². The average molecular weight is 282 g/mol. The van der Waals surface area contributed by atoms with E-state index < -0.39 is 15.6 Å². The Kier molecular flexibility index (Phi) is 3.73. The minimum Gasteiger partial charge on any atom is -0.311 e. The maximum atomic E-state index is 12.8. The molecule has 2 rings (SSSR count). The van der Waals surface area contributed by atoms with Crippen LogP contribution in [0.3, 0.4) is 0 Å². The molecule has 1 fully saturated rings. The molecule has 1 aromatic rings. The highest BCUT2D eigenvalue weighted by Gasteiger charge is 2.40. The minimum absolute atomic E-state index is 0.174. The summed E-state index contributed by atoms with van der Waals surface area (Å²) in [6.45, 7) is 9.04. The first-order chi connectivity index (χ1) is 8.73. The highest BCUT2D eigenvalue weighted by Crippen LogP contribution is 2.27. The second-order valence-corrected chi connectivity index (χ2v) is 7.81. The SMILES string of the molecule is Cc1ccc(S(=O)(=O)N2CC(C)NCC2(C)C)cc1. The van der Waals surface area contributed by atoms with E-state index in [4.69, 9.17) is 0 Å². The summed E-state index contributed by atoms with van der Waals surface area (Å²) < 4.78 is 27.1. The summed E-state index contributed by atoms with van der Waals surface area (Å²) in [7, 11) is -3.43. The zero-order valence-electron chi connectivity index (χ0n) is 12.0. The summed E-state index contributed by atoms with van der Waals surface area (Å²) >= 11 is 0. The molecular weight excluding hydrogens is 260 g/mol. The van der Waals surface area contributed by atoms with E-state index in [1.165, 1.54) is 0 Å². The van der Waals surface area contributed by atoms with Gasteiger partial charge in [-0.25, -0.2) is 8.42 Å². The molecule has 1 saturated heterocycles. The number of benzene rings is 1. The summed E-state index contributed by atoms with van der Waals surface area (Å²) in [5.41, 5.74) is 0.655. The van der Waals surface area contributed by atoms with Crippen LogP contribution in [0.4, 0.5) is 0 Å². The lowest BCUT2D eigenvalue weighted by Crippen LogP contribution is -2.62. The molecule has 1 unspecified atom stereocenters.